The Morgan fingerprint density at radius 3 is 2.54 bits per heavy atom. The van der Waals surface area contributed by atoms with Crippen molar-refractivity contribution in [3.63, 3.8) is 0 Å². The number of phenols is 1. The van der Waals surface area contributed by atoms with E-state index in [1.54, 1.807) is 38.2 Å². The highest BCUT2D eigenvalue weighted by Gasteiger charge is 2.35. The minimum atomic E-state index is -0.284. The average molecular weight is 524 g/mol. The van der Waals surface area contributed by atoms with Crippen LogP contribution in [0.25, 0.3) is 27.9 Å². The van der Waals surface area contributed by atoms with Gasteiger partial charge in [0, 0.05) is 58.2 Å². The Labute approximate surface area is 217 Å². The van der Waals surface area contributed by atoms with Crippen molar-refractivity contribution in [1.82, 2.24) is 9.97 Å². The van der Waals surface area contributed by atoms with Gasteiger partial charge in [-0.15, -0.1) is 11.6 Å². The summed E-state index contributed by atoms with van der Waals surface area (Å²) in [5.74, 6) is 1.23. The molecule has 0 unspecified atom stereocenters. The number of aromatic nitrogens is 2. The first-order chi connectivity index (χ1) is 17.9. The number of carbonyl (C=O) groups excluding carboxylic acids is 2. The second-order valence-electron chi connectivity index (χ2n) is 8.83. The Hall–Kier alpha value is -4.11. The number of aryl methyl sites for hydroxylation is 1. The van der Waals surface area contributed by atoms with E-state index in [1.807, 2.05) is 12.1 Å². The number of rotatable bonds is 7. The average Bonchev–Trinajstić information content (AvgIpc) is 3.58. The molecule has 0 fully saturated rings. The Balaban J connectivity index is 1.53. The van der Waals surface area contributed by atoms with Crippen molar-refractivity contribution < 1.29 is 28.9 Å². The second-order valence-corrected chi connectivity index (χ2v) is 9.14. The quantitative estimate of drug-likeness (QED) is 0.180. The number of fused-ring (bicyclic) bond motifs is 4. The number of amides is 1. The van der Waals surface area contributed by atoms with Crippen LogP contribution in [-0.4, -0.2) is 61.0 Å². The van der Waals surface area contributed by atoms with Crippen molar-refractivity contribution in [2.45, 2.75) is 12.8 Å². The number of H-pyrrole nitrogens is 2. The lowest BCUT2D eigenvalue weighted by Crippen LogP contribution is -2.28. The third-order valence-electron chi connectivity index (χ3n) is 6.83. The molecular weight excluding hydrogens is 498 g/mol. The van der Waals surface area contributed by atoms with E-state index in [1.165, 1.54) is 13.2 Å². The lowest BCUT2D eigenvalue weighted by atomic mass is 9.96. The lowest BCUT2D eigenvalue weighted by Gasteiger charge is -2.16. The third-order valence-corrected chi connectivity index (χ3v) is 7.20. The Morgan fingerprint density at radius 1 is 1.14 bits per heavy atom. The van der Waals surface area contributed by atoms with Crippen molar-refractivity contribution >= 4 is 57.4 Å². The highest BCUT2D eigenvalue weighted by Crippen LogP contribution is 2.47. The van der Waals surface area contributed by atoms with Crippen LogP contribution in [-0.2, 0) is 4.79 Å². The number of aromatic hydroxyl groups is 1. The molecule has 0 spiro atoms. The number of anilines is 1. The molecule has 1 aliphatic rings. The number of phenolic OH excluding ortho intramolecular Hbond substituents is 1. The zero-order valence-corrected chi connectivity index (χ0v) is 21.5. The molecular formula is C27H26ClN3O6. The molecule has 3 N–H and O–H groups in total. The molecule has 0 saturated heterocycles. The van der Waals surface area contributed by atoms with E-state index in [4.69, 9.17) is 25.8 Å². The highest BCUT2D eigenvalue weighted by atomic mass is 35.5. The van der Waals surface area contributed by atoms with Crippen molar-refractivity contribution in [2.75, 3.05) is 38.7 Å². The van der Waals surface area contributed by atoms with Crippen LogP contribution in [0.15, 0.2) is 24.3 Å². The van der Waals surface area contributed by atoms with E-state index in [-0.39, 0.29) is 23.5 Å². The fourth-order valence-electron chi connectivity index (χ4n) is 5.15. The van der Waals surface area contributed by atoms with Crippen LogP contribution in [0.5, 0.6) is 23.0 Å². The van der Waals surface area contributed by atoms with Gasteiger partial charge in [-0.1, -0.05) is 0 Å². The van der Waals surface area contributed by atoms with E-state index in [0.717, 1.165) is 17.2 Å². The van der Waals surface area contributed by atoms with Crippen LogP contribution < -0.4 is 19.1 Å². The first-order valence-electron chi connectivity index (χ1n) is 11.6. The molecule has 37 heavy (non-hydrogen) atoms. The van der Waals surface area contributed by atoms with Crippen molar-refractivity contribution in [1.29, 1.82) is 0 Å². The number of carbonyl (C=O) groups is 2. The van der Waals surface area contributed by atoms with Crippen LogP contribution in [0.4, 0.5) is 5.69 Å². The molecule has 0 aliphatic carbocycles. The van der Waals surface area contributed by atoms with Gasteiger partial charge in [-0.25, -0.2) is 0 Å². The number of halogens is 1. The van der Waals surface area contributed by atoms with E-state index in [2.05, 4.69) is 9.97 Å². The molecule has 9 nitrogen and oxygen atoms in total. The fraction of sp³-hybridized carbons (Fsp3) is 0.259. The smallest absolute Gasteiger partial charge is 0.251 e. The number of alkyl halides is 1. The van der Waals surface area contributed by atoms with Crippen LogP contribution >= 0.6 is 11.6 Å². The summed E-state index contributed by atoms with van der Waals surface area (Å²) >= 11 is 6.29. The molecule has 5 rings (SSSR count). The number of methoxy groups -OCH3 is 3. The van der Waals surface area contributed by atoms with Gasteiger partial charge in [-0.05, 0) is 30.7 Å². The van der Waals surface area contributed by atoms with Crippen LogP contribution in [0.3, 0.4) is 0 Å². The lowest BCUT2D eigenvalue weighted by molar-refractivity contribution is -0.114. The maximum atomic E-state index is 13.3. The van der Waals surface area contributed by atoms with Gasteiger partial charge in [0.15, 0.2) is 17.8 Å². The summed E-state index contributed by atoms with van der Waals surface area (Å²) in [5, 5.41) is 12.1. The van der Waals surface area contributed by atoms with E-state index in [9.17, 15) is 14.7 Å². The Morgan fingerprint density at radius 2 is 1.89 bits per heavy atom. The summed E-state index contributed by atoms with van der Waals surface area (Å²) < 4.78 is 16.4. The molecule has 3 heterocycles. The molecule has 4 aromatic rings. The molecule has 0 bridgehead atoms. The Kier molecular flexibility index (Phi) is 6.25. The van der Waals surface area contributed by atoms with Gasteiger partial charge in [0.05, 0.1) is 38.1 Å². The SMILES string of the molecule is COc1cc2cc(/C=C/C(=O)N3C[C@@H](CCl)c4c3cc(O)c3[nH]c(C)c(C=O)c43)[nH]c2c(OC)c1OC. The summed E-state index contributed by atoms with van der Waals surface area (Å²) in [6.45, 7) is 2.10. The minimum Gasteiger partial charge on any atom is -0.506 e. The largest absolute Gasteiger partial charge is 0.506 e. The molecule has 0 radical (unpaired) electrons. The summed E-state index contributed by atoms with van der Waals surface area (Å²) in [6.07, 6.45) is 3.89. The first-order valence-corrected chi connectivity index (χ1v) is 12.1. The van der Waals surface area contributed by atoms with Crippen LogP contribution in [0.1, 0.15) is 33.2 Å². The molecule has 1 aliphatic heterocycles. The predicted octanol–water partition coefficient (Wildman–Crippen LogP) is 4.88. The van der Waals surface area contributed by atoms with Gasteiger partial charge >= 0.3 is 0 Å². The van der Waals surface area contributed by atoms with Gasteiger partial charge in [0.25, 0.3) is 5.91 Å². The summed E-state index contributed by atoms with van der Waals surface area (Å²) in [5.41, 5.74) is 4.28. The maximum absolute atomic E-state index is 13.3. The molecule has 1 amide bonds. The first kappa shape index (κ1) is 24.6. The van der Waals surface area contributed by atoms with Crippen molar-refractivity contribution in [3.8, 4) is 23.0 Å². The molecule has 192 valence electrons. The van der Waals surface area contributed by atoms with Crippen molar-refractivity contribution in [2.24, 2.45) is 0 Å². The normalized spacial score (nSPS) is 15.1. The molecule has 2 aromatic heterocycles. The topological polar surface area (TPSA) is 117 Å². The number of hydrogen-bond donors (Lipinski definition) is 3. The van der Waals surface area contributed by atoms with Crippen molar-refractivity contribution in [3.05, 3.63) is 46.8 Å². The third kappa shape index (κ3) is 3.77. The number of nitrogens with zero attached hydrogens (tertiary/aromatic N) is 1. The van der Waals surface area contributed by atoms with E-state index in [0.29, 0.717) is 62.9 Å². The molecule has 1 atom stereocenters. The highest BCUT2D eigenvalue weighted by molar-refractivity contribution is 6.19. The number of aromatic amines is 2. The predicted molar refractivity (Wildman–Crippen MR) is 143 cm³/mol. The van der Waals surface area contributed by atoms with E-state index >= 15 is 0 Å². The summed E-state index contributed by atoms with van der Waals surface area (Å²) in [6, 6.07) is 5.25. The monoisotopic (exact) mass is 523 g/mol. The van der Waals surface area contributed by atoms with Crippen LogP contribution in [0, 0.1) is 6.92 Å². The molecule has 10 heteroatoms. The second kappa shape index (κ2) is 9.40. The Bertz CT molecular complexity index is 1580. The summed E-state index contributed by atoms with van der Waals surface area (Å²) in [4.78, 5) is 33.1. The minimum absolute atomic E-state index is 0.0347. The zero-order chi connectivity index (χ0) is 26.4. The van der Waals surface area contributed by atoms with Gasteiger partial charge in [0.1, 0.15) is 5.75 Å². The zero-order valence-electron chi connectivity index (χ0n) is 20.8. The van der Waals surface area contributed by atoms with Gasteiger partial charge in [-0.3, -0.25) is 9.59 Å². The summed E-state index contributed by atoms with van der Waals surface area (Å²) in [7, 11) is 4.63. The van der Waals surface area contributed by atoms with Gasteiger partial charge < -0.3 is 34.2 Å². The van der Waals surface area contributed by atoms with Gasteiger partial charge in [-0.2, -0.15) is 0 Å². The fourth-order valence-corrected chi connectivity index (χ4v) is 5.41. The molecule has 2 aromatic carbocycles. The molecule has 0 saturated carbocycles. The number of ether oxygens (including phenoxy) is 3. The van der Waals surface area contributed by atoms with E-state index < -0.39 is 0 Å². The number of benzene rings is 2. The number of nitrogens with one attached hydrogen (secondary N) is 2. The van der Waals surface area contributed by atoms with Gasteiger partial charge in [0.2, 0.25) is 5.75 Å². The van der Waals surface area contributed by atoms with Crippen LogP contribution in [0.2, 0.25) is 0 Å². The standard InChI is InChI=1S/C27H26ClN3O6/c1-13-17(12-32)23-22-15(10-28)11-31(18(22)9-19(33)25(23)29-13)21(34)6-5-16-7-14-8-20(35-2)26(36-3)27(37-4)24(14)30-16/h5-9,12,15,29-30,33H,10-11H2,1-4H3/b6-5+/t15-/m1/s1. The number of hydrogen-bond acceptors (Lipinski definition) is 6. The maximum Gasteiger partial charge on any atom is 0.251 e. The number of aldehydes is 1.